The van der Waals surface area contributed by atoms with Crippen molar-refractivity contribution in [2.75, 3.05) is 0 Å². The van der Waals surface area contributed by atoms with E-state index in [1.807, 2.05) is 6.07 Å². The highest BCUT2D eigenvalue weighted by molar-refractivity contribution is 5.85. The van der Waals surface area contributed by atoms with Crippen LogP contribution in [-0.2, 0) is 0 Å². The highest BCUT2D eigenvalue weighted by atomic mass is 14.3. The summed E-state index contributed by atoms with van der Waals surface area (Å²) in [6.45, 7) is 0. The molecule has 0 spiro atoms. The zero-order valence-electron chi connectivity index (χ0n) is 10.5. The number of fused-ring (bicyclic) bond motifs is 1. The van der Waals surface area contributed by atoms with Crippen LogP contribution in [0.2, 0.25) is 0 Å². The van der Waals surface area contributed by atoms with Gasteiger partial charge in [0, 0.05) is 0 Å². The molecule has 0 atom stereocenters. The molecule has 0 amide bonds. The number of hydrogen-bond acceptors (Lipinski definition) is 1. The van der Waals surface area contributed by atoms with Gasteiger partial charge >= 0.3 is 0 Å². The van der Waals surface area contributed by atoms with Crippen LogP contribution in [0, 0.1) is 11.3 Å². The van der Waals surface area contributed by atoms with Gasteiger partial charge in [0.25, 0.3) is 0 Å². The Bertz CT molecular complexity index is 601. The fourth-order valence-corrected chi connectivity index (χ4v) is 3.11. The second-order valence-electron chi connectivity index (χ2n) is 5.23. The Balaban J connectivity index is 2.11. The average molecular weight is 235 g/mol. The highest BCUT2D eigenvalue weighted by Crippen LogP contribution is 2.35. The number of benzene rings is 2. The van der Waals surface area contributed by atoms with E-state index in [1.165, 1.54) is 48.4 Å². The minimum absolute atomic E-state index is 0.595. The Labute approximate surface area is 108 Å². The maximum absolute atomic E-state index is 9.36. The fraction of sp³-hybridized carbons (Fsp3) is 0.353. The first-order chi connectivity index (χ1) is 8.88. The van der Waals surface area contributed by atoms with Crippen LogP contribution in [0.15, 0.2) is 36.4 Å². The van der Waals surface area contributed by atoms with Crippen molar-refractivity contribution in [1.82, 2.24) is 0 Å². The average Bonchev–Trinajstić information content (AvgIpc) is 2.46. The molecular formula is C17H17N. The van der Waals surface area contributed by atoms with Gasteiger partial charge in [-0.2, -0.15) is 5.26 Å². The summed E-state index contributed by atoms with van der Waals surface area (Å²) in [6, 6.07) is 15.0. The van der Waals surface area contributed by atoms with Crippen molar-refractivity contribution < 1.29 is 0 Å². The summed E-state index contributed by atoms with van der Waals surface area (Å²) in [4.78, 5) is 0. The third kappa shape index (κ3) is 1.99. The second kappa shape index (κ2) is 4.82. The van der Waals surface area contributed by atoms with Gasteiger partial charge in [-0.1, -0.05) is 43.5 Å². The molecule has 0 saturated heterocycles. The Kier molecular flexibility index (Phi) is 3.02. The SMILES string of the molecule is N#Cc1cc2ccccc2cc1C1CCCCC1. The summed E-state index contributed by atoms with van der Waals surface area (Å²) in [6.07, 6.45) is 6.46. The van der Waals surface area contributed by atoms with Crippen LogP contribution in [0.1, 0.15) is 49.1 Å². The van der Waals surface area contributed by atoms with E-state index in [4.69, 9.17) is 0 Å². The molecule has 3 rings (SSSR count). The standard InChI is InChI=1S/C17H17N/c18-12-16-10-14-8-4-5-9-15(14)11-17(16)13-6-2-1-3-7-13/h4-5,8-11,13H,1-3,6-7H2. The summed E-state index contributed by atoms with van der Waals surface area (Å²) in [5.41, 5.74) is 2.15. The Morgan fingerprint density at radius 2 is 1.61 bits per heavy atom. The van der Waals surface area contributed by atoms with Gasteiger partial charge in [-0.25, -0.2) is 0 Å². The third-order valence-electron chi connectivity index (χ3n) is 4.08. The zero-order valence-corrected chi connectivity index (χ0v) is 10.5. The van der Waals surface area contributed by atoms with Gasteiger partial charge < -0.3 is 0 Å². The minimum Gasteiger partial charge on any atom is -0.192 e. The number of nitriles is 1. The van der Waals surface area contributed by atoms with Crippen LogP contribution in [0.5, 0.6) is 0 Å². The lowest BCUT2D eigenvalue weighted by Crippen LogP contribution is -2.06. The van der Waals surface area contributed by atoms with Crippen molar-refractivity contribution >= 4 is 10.8 Å². The smallest absolute Gasteiger partial charge is 0.0994 e. The predicted molar refractivity (Wildman–Crippen MR) is 74.5 cm³/mol. The van der Waals surface area contributed by atoms with E-state index in [0.717, 1.165) is 5.56 Å². The molecule has 0 unspecified atom stereocenters. The van der Waals surface area contributed by atoms with E-state index < -0.39 is 0 Å². The largest absolute Gasteiger partial charge is 0.192 e. The molecule has 1 heteroatoms. The van der Waals surface area contributed by atoms with Crippen molar-refractivity contribution in [3.05, 3.63) is 47.5 Å². The summed E-state index contributed by atoms with van der Waals surface area (Å²) < 4.78 is 0. The lowest BCUT2D eigenvalue weighted by molar-refractivity contribution is 0.443. The minimum atomic E-state index is 0.595. The maximum Gasteiger partial charge on any atom is 0.0994 e. The Hall–Kier alpha value is -1.81. The van der Waals surface area contributed by atoms with E-state index in [9.17, 15) is 5.26 Å². The molecular weight excluding hydrogens is 218 g/mol. The molecule has 0 radical (unpaired) electrons. The summed E-state index contributed by atoms with van der Waals surface area (Å²) in [7, 11) is 0. The Morgan fingerprint density at radius 1 is 0.944 bits per heavy atom. The van der Waals surface area contributed by atoms with Crippen LogP contribution in [0.4, 0.5) is 0 Å². The molecule has 0 aromatic heterocycles. The Morgan fingerprint density at radius 3 is 2.28 bits per heavy atom. The summed E-state index contributed by atoms with van der Waals surface area (Å²) >= 11 is 0. The molecule has 90 valence electrons. The fourth-order valence-electron chi connectivity index (χ4n) is 3.11. The van der Waals surface area contributed by atoms with E-state index in [2.05, 4.69) is 36.4 Å². The van der Waals surface area contributed by atoms with Crippen molar-refractivity contribution in [1.29, 1.82) is 5.26 Å². The molecule has 1 nitrogen and oxygen atoms in total. The molecule has 1 aliphatic carbocycles. The van der Waals surface area contributed by atoms with Crippen molar-refractivity contribution in [2.45, 2.75) is 38.0 Å². The second-order valence-corrected chi connectivity index (χ2v) is 5.23. The van der Waals surface area contributed by atoms with Crippen molar-refractivity contribution in [2.24, 2.45) is 0 Å². The highest BCUT2D eigenvalue weighted by Gasteiger charge is 2.18. The molecule has 1 saturated carbocycles. The van der Waals surface area contributed by atoms with Gasteiger partial charge in [-0.3, -0.25) is 0 Å². The molecule has 2 aromatic rings. The van der Waals surface area contributed by atoms with E-state index in [-0.39, 0.29) is 0 Å². The van der Waals surface area contributed by atoms with Crippen LogP contribution in [0.3, 0.4) is 0 Å². The first kappa shape index (κ1) is 11.3. The van der Waals surface area contributed by atoms with E-state index in [0.29, 0.717) is 5.92 Å². The van der Waals surface area contributed by atoms with Gasteiger partial charge in [0.1, 0.15) is 0 Å². The van der Waals surface area contributed by atoms with Crippen LogP contribution in [-0.4, -0.2) is 0 Å². The van der Waals surface area contributed by atoms with Gasteiger partial charge in [-0.15, -0.1) is 0 Å². The van der Waals surface area contributed by atoms with Gasteiger partial charge in [0.15, 0.2) is 0 Å². The molecule has 0 bridgehead atoms. The van der Waals surface area contributed by atoms with E-state index in [1.54, 1.807) is 0 Å². The number of rotatable bonds is 1. The molecule has 2 aromatic carbocycles. The van der Waals surface area contributed by atoms with Gasteiger partial charge in [-0.05, 0) is 47.2 Å². The van der Waals surface area contributed by atoms with Gasteiger partial charge in [0.2, 0.25) is 0 Å². The number of hydrogen-bond donors (Lipinski definition) is 0. The maximum atomic E-state index is 9.36. The third-order valence-corrected chi connectivity index (χ3v) is 4.08. The molecule has 1 aliphatic rings. The summed E-state index contributed by atoms with van der Waals surface area (Å²) in [5.74, 6) is 0.595. The first-order valence-electron chi connectivity index (χ1n) is 6.81. The monoisotopic (exact) mass is 235 g/mol. The predicted octanol–water partition coefficient (Wildman–Crippen LogP) is 4.76. The summed E-state index contributed by atoms with van der Waals surface area (Å²) in [5, 5.41) is 11.8. The quantitative estimate of drug-likeness (QED) is 0.699. The molecule has 0 N–H and O–H groups in total. The lowest BCUT2D eigenvalue weighted by Gasteiger charge is -2.23. The van der Waals surface area contributed by atoms with Crippen LogP contribution >= 0.6 is 0 Å². The molecule has 1 fully saturated rings. The van der Waals surface area contributed by atoms with Crippen LogP contribution < -0.4 is 0 Å². The molecule has 0 aliphatic heterocycles. The lowest BCUT2D eigenvalue weighted by atomic mass is 9.81. The van der Waals surface area contributed by atoms with E-state index >= 15 is 0 Å². The van der Waals surface area contributed by atoms with Gasteiger partial charge in [0.05, 0.1) is 11.6 Å². The first-order valence-corrected chi connectivity index (χ1v) is 6.81. The molecule has 18 heavy (non-hydrogen) atoms. The van der Waals surface area contributed by atoms with Crippen LogP contribution in [0.25, 0.3) is 10.8 Å². The topological polar surface area (TPSA) is 23.8 Å². The number of nitrogens with zero attached hydrogens (tertiary/aromatic N) is 1. The zero-order chi connectivity index (χ0) is 12.4. The van der Waals surface area contributed by atoms with Crippen molar-refractivity contribution in [3.8, 4) is 6.07 Å². The normalized spacial score (nSPS) is 16.6. The molecule has 0 heterocycles. The van der Waals surface area contributed by atoms with Crippen molar-refractivity contribution in [3.63, 3.8) is 0 Å².